The van der Waals surface area contributed by atoms with E-state index < -0.39 is 5.97 Å². The Labute approximate surface area is 119 Å². The monoisotopic (exact) mass is 294 g/mol. The van der Waals surface area contributed by atoms with Crippen LogP contribution in [0, 0.1) is 0 Å². The number of carboxylic acid groups (broad SMARTS) is 1. The van der Waals surface area contributed by atoms with Gasteiger partial charge in [-0.3, -0.25) is 4.90 Å². The maximum absolute atomic E-state index is 10.9. The number of H-pyrrole nitrogens is 1. The summed E-state index contributed by atoms with van der Waals surface area (Å²) in [4.78, 5) is 24.5. The van der Waals surface area contributed by atoms with Gasteiger partial charge in [-0.1, -0.05) is 0 Å². The van der Waals surface area contributed by atoms with Crippen LogP contribution in [0.25, 0.3) is 0 Å². The zero-order chi connectivity index (χ0) is 13.9. The predicted molar refractivity (Wildman–Crippen MR) is 71.6 cm³/mol. The number of aromatic nitrogens is 3. The van der Waals surface area contributed by atoms with Crippen LogP contribution >= 0.6 is 11.3 Å². The third-order valence-corrected chi connectivity index (χ3v) is 4.03. The highest BCUT2D eigenvalue weighted by Gasteiger charge is 2.25. The first-order valence-corrected chi connectivity index (χ1v) is 7.11. The van der Waals surface area contributed by atoms with E-state index in [0.717, 1.165) is 18.9 Å². The molecule has 1 saturated heterocycles. The molecule has 0 spiro atoms. The molecule has 0 amide bonds. The molecule has 3 heterocycles. The lowest BCUT2D eigenvalue weighted by atomic mass is 10.2. The number of thiazole rings is 1. The standard InChI is InChI=1S/C12H14N4O3S/c17-12(18)8-7-20-11(15-8)9-5-16(3-4-19-9)6-10-13-1-2-14-10/h1-2,7,9H,3-6H2,(H,13,14)(H,17,18). The van der Waals surface area contributed by atoms with E-state index in [0.29, 0.717) is 18.2 Å². The van der Waals surface area contributed by atoms with E-state index in [4.69, 9.17) is 9.84 Å². The molecule has 106 valence electrons. The van der Waals surface area contributed by atoms with Gasteiger partial charge in [0.15, 0.2) is 5.69 Å². The van der Waals surface area contributed by atoms with Crippen LogP contribution in [-0.2, 0) is 11.3 Å². The zero-order valence-electron chi connectivity index (χ0n) is 10.7. The Morgan fingerprint density at radius 2 is 2.55 bits per heavy atom. The number of nitrogens with one attached hydrogen (secondary N) is 1. The molecule has 3 rings (SSSR count). The molecule has 20 heavy (non-hydrogen) atoms. The summed E-state index contributed by atoms with van der Waals surface area (Å²) in [5.41, 5.74) is 0.0803. The minimum atomic E-state index is -1.00. The van der Waals surface area contributed by atoms with Gasteiger partial charge in [0.25, 0.3) is 0 Å². The van der Waals surface area contributed by atoms with Gasteiger partial charge in [-0.25, -0.2) is 14.8 Å². The van der Waals surface area contributed by atoms with Crippen molar-refractivity contribution in [3.63, 3.8) is 0 Å². The lowest BCUT2D eigenvalue weighted by molar-refractivity contribution is -0.0337. The van der Waals surface area contributed by atoms with Gasteiger partial charge in [-0.2, -0.15) is 0 Å². The van der Waals surface area contributed by atoms with Gasteiger partial charge in [0.1, 0.15) is 16.9 Å². The van der Waals surface area contributed by atoms with Gasteiger partial charge >= 0.3 is 5.97 Å². The molecule has 0 aromatic carbocycles. The number of rotatable bonds is 4. The van der Waals surface area contributed by atoms with Crippen molar-refractivity contribution < 1.29 is 14.6 Å². The molecule has 0 radical (unpaired) electrons. The Kier molecular flexibility index (Phi) is 3.77. The summed E-state index contributed by atoms with van der Waals surface area (Å²) in [7, 11) is 0. The minimum absolute atomic E-state index is 0.0803. The maximum Gasteiger partial charge on any atom is 0.355 e. The van der Waals surface area contributed by atoms with Crippen LogP contribution in [0.15, 0.2) is 17.8 Å². The molecule has 0 saturated carbocycles. The van der Waals surface area contributed by atoms with Crippen molar-refractivity contribution in [3.05, 3.63) is 34.3 Å². The number of aromatic amines is 1. The number of carbonyl (C=O) groups is 1. The maximum atomic E-state index is 10.9. The van der Waals surface area contributed by atoms with Crippen molar-refractivity contribution in [2.45, 2.75) is 12.6 Å². The Hall–Kier alpha value is -1.77. The molecule has 7 nitrogen and oxygen atoms in total. The topological polar surface area (TPSA) is 91.3 Å². The summed E-state index contributed by atoms with van der Waals surface area (Å²) in [5.74, 6) is -0.0910. The second-order valence-electron chi connectivity index (χ2n) is 4.51. The van der Waals surface area contributed by atoms with E-state index in [1.54, 1.807) is 17.8 Å². The molecule has 0 aliphatic carbocycles. The lowest BCUT2D eigenvalue weighted by Gasteiger charge is -2.31. The van der Waals surface area contributed by atoms with Gasteiger partial charge in [0.2, 0.25) is 0 Å². The van der Waals surface area contributed by atoms with Crippen LogP contribution in [0.1, 0.15) is 27.4 Å². The van der Waals surface area contributed by atoms with Crippen molar-refractivity contribution >= 4 is 17.3 Å². The number of carboxylic acids is 1. The minimum Gasteiger partial charge on any atom is -0.476 e. The van der Waals surface area contributed by atoms with Crippen LogP contribution in [0.2, 0.25) is 0 Å². The fourth-order valence-electron chi connectivity index (χ4n) is 2.13. The van der Waals surface area contributed by atoms with Crippen molar-refractivity contribution in [2.75, 3.05) is 19.7 Å². The van der Waals surface area contributed by atoms with Gasteiger partial charge in [0, 0.05) is 30.9 Å². The van der Waals surface area contributed by atoms with Gasteiger partial charge in [-0.15, -0.1) is 11.3 Å². The summed E-state index contributed by atoms with van der Waals surface area (Å²) < 4.78 is 5.69. The fourth-order valence-corrected chi connectivity index (χ4v) is 2.96. The third-order valence-electron chi connectivity index (χ3n) is 3.10. The highest BCUT2D eigenvalue weighted by Crippen LogP contribution is 2.25. The summed E-state index contributed by atoms with van der Waals surface area (Å²) >= 11 is 1.33. The zero-order valence-corrected chi connectivity index (χ0v) is 11.5. The molecule has 1 aliphatic heterocycles. The van der Waals surface area contributed by atoms with E-state index in [-0.39, 0.29) is 11.8 Å². The lowest BCUT2D eigenvalue weighted by Crippen LogP contribution is -2.38. The summed E-state index contributed by atoms with van der Waals surface area (Å²) in [6.45, 7) is 2.85. The molecule has 1 aliphatic rings. The molecule has 2 N–H and O–H groups in total. The highest BCUT2D eigenvalue weighted by molar-refractivity contribution is 7.09. The van der Waals surface area contributed by atoms with Crippen LogP contribution in [0.4, 0.5) is 0 Å². The van der Waals surface area contributed by atoms with Gasteiger partial charge < -0.3 is 14.8 Å². The molecule has 1 fully saturated rings. The Morgan fingerprint density at radius 1 is 1.65 bits per heavy atom. The number of aromatic carboxylic acids is 1. The fraction of sp³-hybridized carbons (Fsp3) is 0.417. The number of hydrogen-bond donors (Lipinski definition) is 2. The second kappa shape index (κ2) is 5.70. The molecular formula is C12H14N4O3S. The first-order chi connectivity index (χ1) is 9.72. The van der Waals surface area contributed by atoms with Crippen LogP contribution in [-0.4, -0.2) is 50.6 Å². The van der Waals surface area contributed by atoms with E-state index in [9.17, 15) is 4.79 Å². The molecular weight excluding hydrogens is 280 g/mol. The van der Waals surface area contributed by atoms with Crippen molar-refractivity contribution in [1.29, 1.82) is 0 Å². The summed E-state index contributed by atoms with van der Waals surface area (Å²) in [5, 5.41) is 11.2. The van der Waals surface area contributed by atoms with Crippen LogP contribution < -0.4 is 0 Å². The van der Waals surface area contributed by atoms with Crippen molar-refractivity contribution in [2.24, 2.45) is 0 Å². The number of hydrogen-bond acceptors (Lipinski definition) is 6. The van der Waals surface area contributed by atoms with Crippen molar-refractivity contribution in [1.82, 2.24) is 19.9 Å². The molecule has 8 heteroatoms. The molecule has 1 atom stereocenters. The van der Waals surface area contributed by atoms with E-state index in [1.807, 2.05) is 0 Å². The SMILES string of the molecule is O=C(O)c1csc(C2CN(Cc3ncc[nH]3)CCO2)n1. The predicted octanol–water partition coefficient (Wildman–Crippen LogP) is 1.14. The third kappa shape index (κ3) is 2.87. The number of imidazole rings is 1. The van der Waals surface area contributed by atoms with Gasteiger partial charge in [-0.05, 0) is 0 Å². The van der Waals surface area contributed by atoms with Gasteiger partial charge in [0.05, 0.1) is 13.2 Å². The van der Waals surface area contributed by atoms with Crippen LogP contribution in [0.3, 0.4) is 0 Å². The molecule has 1 unspecified atom stereocenters. The van der Waals surface area contributed by atoms with E-state index >= 15 is 0 Å². The average Bonchev–Trinajstić information content (AvgIpc) is 3.09. The summed E-state index contributed by atoms with van der Waals surface area (Å²) in [6, 6.07) is 0. The van der Waals surface area contributed by atoms with E-state index in [1.165, 1.54) is 11.3 Å². The second-order valence-corrected chi connectivity index (χ2v) is 5.40. The van der Waals surface area contributed by atoms with Crippen LogP contribution in [0.5, 0.6) is 0 Å². The quantitative estimate of drug-likeness (QED) is 0.878. The number of nitrogens with zero attached hydrogens (tertiary/aromatic N) is 3. The number of ether oxygens (including phenoxy) is 1. The largest absolute Gasteiger partial charge is 0.476 e. The smallest absolute Gasteiger partial charge is 0.355 e. The highest BCUT2D eigenvalue weighted by atomic mass is 32.1. The Morgan fingerprint density at radius 3 is 3.25 bits per heavy atom. The Bertz CT molecular complexity index is 583. The Balaban J connectivity index is 1.66. The molecule has 0 bridgehead atoms. The van der Waals surface area contributed by atoms with Crippen molar-refractivity contribution in [3.8, 4) is 0 Å². The first kappa shape index (κ1) is 13.2. The first-order valence-electron chi connectivity index (χ1n) is 6.23. The van der Waals surface area contributed by atoms with E-state index in [2.05, 4.69) is 19.9 Å². The average molecular weight is 294 g/mol. The molecule has 2 aromatic rings. The molecule has 2 aromatic heterocycles. The normalized spacial score (nSPS) is 20.1. The summed E-state index contributed by atoms with van der Waals surface area (Å²) in [6.07, 6.45) is 3.36. The number of morpholine rings is 1.